The smallest absolute Gasteiger partial charge is 0.337 e. The van der Waals surface area contributed by atoms with Gasteiger partial charge in [0.1, 0.15) is 10.9 Å². The Morgan fingerprint density at radius 2 is 1.26 bits per heavy atom. The second-order valence-electron chi connectivity index (χ2n) is 11.7. The summed E-state index contributed by atoms with van der Waals surface area (Å²) in [6.07, 6.45) is 1.62. The van der Waals surface area contributed by atoms with Gasteiger partial charge in [-0.3, -0.25) is 14.4 Å². The maximum Gasteiger partial charge on any atom is 0.337 e. The van der Waals surface area contributed by atoms with Crippen LogP contribution in [0.1, 0.15) is 37.1 Å². The number of nitrogens with one attached hydrogen (secondary N) is 3. The van der Waals surface area contributed by atoms with E-state index < -0.39 is 23.0 Å². The topological polar surface area (TPSA) is 125 Å². The lowest BCUT2D eigenvalue weighted by atomic mass is 10.0. The van der Waals surface area contributed by atoms with Gasteiger partial charge in [-0.1, -0.05) is 121 Å². The number of hydrogen-bond donors (Lipinski definition) is 4. The van der Waals surface area contributed by atoms with E-state index in [0.29, 0.717) is 27.3 Å². The fraction of sp³-hybridized carbons (Fsp3) is 0.0233. The van der Waals surface area contributed by atoms with Crippen molar-refractivity contribution >= 4 is 64.5 Å². The molecule has 0 aliphatic heterocycles. The van der Waals surface area contributed by atoms with Crippen molar-refractivity contribution in [1.82, 2.24) is 5.32 Å². The number of carbonyl (C=O) groups is 4. The Labute approximate surface area is 315 Å². The van der Waals surface area contributed by atoms with Gasteiger partial charge in [0.25, 0.3) is 11.8 Å². The molecule has 262 valence electrons. The van der Waals surface area contributed by atoms with Crippen LogP contribution in [0.2, 0.25) is 5.02 Å². The van der Waals surface area contributed by atoms with Gasteiger partial charge in [-0.15, -0.1) is 11.8 Å². The molecule has 0 aliphatic rings. The van der Waals surface area contributed by atoms with E-state index in [1.54, 1.807) is 54.6 Å². The summed E-state index contributed by atoms with van der Waals surface area (Å²) in [5, 5.41) is 17.3. The molecule has 0 saturated heterocycles. The Kier molecular flexibility index (Phi) is 11.8. The predicted molar refractivity (Wildman–Crippen MR) is 211 cm³/mol. The van der Waals surface area contributed by atoms with E-state index in [1.807, 2.05) is 91.0 Å². The zero-order valence-corrected chi connectivity index (χ0v) is 29.6. The number of anilines is 2. The Bertz CT molecular complexity index is 2280. The van der Waals surface area contributed by atoms with Crippen molar-refractivity contribution in [1.29, 1.82) is 0 Å². The molecule has 0 spiro atoms. The molecule has 0 aliphatic carbocycles. The molecule has 1 atom stereocenters. The molecular formula is C43H32ClN3O5S. The molecule has 6 aromatic carbocycles. The van der Waals surface area contributed by atoms with Gasteiger partial charge >= 0.3 is 5.97 Å². The Hall–Kier alpha value is -6.42. The summed E-state index contributed by atoms with van der Waals surface area (Å²) in [6.45, 7) is 0. The largest absolute Gasteiger partial charge is 0.478 e. The summed E-state index contributed by atoms with van der Waals surface area (Å²) < 4.78 is 0. The van der Waals surface area contributed by atoms with Gasteiger partial charge in [-0.25, -0.2) is 4.79 Å². The van der Waals surface area contributed by atoms with Crippen molar-refractivity contribution < 1.29 is 24.3 Å². The number of carbonyl (C=O) groups excluding carboxylic acids is 3. The Morgan fingerprint density at radius 3 is 1.94 bits per heavy atom. The lowest BCUT2D eigenvalue weighted by Crippen LogP contribution is -2.30. The monoisotopic (exact) mass is 737 g/mol. The van der Waals surface area contributed by atoms with E-state index in [1.165, 1.54) is 30.0 Å². The van der Waals surface area contributed by atoms with Crippen molar-refractivity contribution in [3.63, 3.8) is 0 Å². The van der Waals surface area contributed by atoms with Crippen molar-refractivity contribution in [3.8, 4) is 11.1 Å². The van der Waals surface area contributed by atoms with Crippen LogP contribution in [0.5, 0.6) is 0 Å². The first-order valence-corrected chi connectivity index (χ1v) is 17.7. The fourth-order valence-electron chi connectivity index (χ4n) is 5.37. The molecule has 0 fully saturated rings. The summed E-state index contributed by atoms with van der Waals surface area (Å²) in [6, 6.07) is 46.6. The second-order valence-corrected chi connectivity index (χ2v) is 13.3. The number of thioether (sulfide) groups is 1. The molecule has 0 aromatic heterocycles. The van der Waals surface area contributed by atoms with E-state index in [2.05, 4.69) is 16.0 Å². The van der Waals surface area contributed by atoms with Crippen LogP contribution in [0.15, 0.2) is 168 Å². The van der Waals surface area contributed by atoms with Crippen molar-refractivity contribution in [2.75, 3.05) is 10.6 Å². The first-order valence-electron chi connectivity index (χ1n) is 16.4. The zero-order chi connectivity index (χ0) is 37.2. The SMILES string of the molecule is O=C(Nc1cccc(SC(C(=O)Nc2ccc(Cl)c(C(=O)O)c2)c2ccccc2)c1)/C(=C\c1ccc(-c2ccccc2)cc1)NC(=O)c1ccccc1. The van der Waals surface area contributed by atoms with Crippen molar-refractivity contribution in [3.05, 3.63) is 191 Å². The van der Waals surface area contributed by atoms with Crippen LogP contribution in [-0.4, -0.2) is 28.8 Å². The van der Waals surface area contributed by atoms with Crippen molar-refractivity contribution in [2.45, 2.75) is 10.1 Å². The summed E-state index contributed by atoms with van der Waals surface area (Å²) >= 11 is 7.28. The van der Waals surface area contributed by atoms with Crippen molar-refractivity contribution in [2.24, 2.45) is 0 Å². The second kappa shape index (κ2) is 17.2. The number of halogens is 1. The number of hydrogen-bond acceptors (Lipinski definition) is 5. The average Bonchev–Trinajstić information content (AvgIpc) is 3.18. The van der Waals surface area contributed by atoms with Crippen LogP contribution in [0.4, 0.5) is 11.4 Å². The molecule has 8 nitrogen and oxygen atoms in total. The molecule has 10 heteroatoms. The molecular weight excluding hydrogens is 706 g/mol. The summed E-state index contributed by atoms with van der Waals surface area (Å²) in [7, 11) is 0. The van der Waals surface area contributed by atoms with Gasteiger partial charge in [0.15, 0.2) is 0 Å². The number of amides is 3. The Morgan fingerprint density at radius 1 is 0.642 bits per heavy atom. The number of carboxylic acids is 1. The minimum absolute atomic E-state index is 0.0367. The zero-order valence-electron chi connectivity index (χ0n) is 28.0. The minimum Gasteiger partial charge on any atom is -0.478 e. The summed E-state index contributed by atoms with van der Waals surface area (Å²) in [4.78, 5) is 53.0. The lowest BCUT2D eigenvalue weighted by Gasteiger charge is -2.18. The molecule has 0 saturated carbocycles. The fourth-order valence-corrected chi connectivity index (χ4v) is 6.65. The minimum atomic E-state index is -1.21. The molecule has 53 heavy (non-hydrogen) atoms. The van der Waals surface area contributed by atoms with E-state index in [-0.39, 0.29) is 27.9 Å². The van der Waals surface area contributed by atoms with Crippen LogP contribution < -0.4 is 16.0 Å². The summed E-state index contributed by atoms with van der Waals surface area (Å²) in [5.74, 6) is -2.58. The highest BCUT2D eigenvalue weighted by Crippen LogP contribution is 2.37. The third kappa shape index (κ3) is 9.68. The highest BCUT2D eigenvalue weighted by molar-refractivity contribution is 8.00. The van der Waals surface area contributed by atoms with Gasteiger partial charge in [0.2, 0.25) is 5.91 Å². The first kappa shape index (κ1) is 36.4. The molecule has 1 unspecified atom stereocenters. The Balaban J connectivity index is 1.24. The highest BCUT2D eigenvalue weighted by atomic mass is 35.5. The van der Waals surface area contributed by atoms with Crippen LogP contribution >= 0.6 is 23.4 Å². The van der Waals surface area contributed by atoms with Gasteiger partial charge < -0.3 is 21.1 Å². The van der Waals surface area contributed by atoms with E-state index >= 15 is 0 Å². The average molecular weight is 738 g/mol. The highest BCUT2D eigenvalue weighted by Gasteiger charge is 2.24. The molecule has 6 aromatic rings. The van der Waals surface area contributed by atoms with Gasteiger partial charge in [0.05, 0.1) is 10.6 Å². The van der Waals surface area contributed by atoms with E-state index in [0.717, 1.165) is 11.1 Å². The molecule has 0 bridgehead atoms. The molecule has 3 amide bonds. The number of benzene rings is 6. The van der Waals surface area contributed by atoms with E-state index in [9.17, 15) is 24.3 Å². The third-order valence-corrected chi connectivity index (χ3v) is 9.59. The molecule has 4 N–H and O–H groups in total. The normalized spacial score (nSPS) is 11.6. The van der Waals surface area contributed by atoms with Crippen LogP contribution in [0.3, 0.4) is 0 Å². The molecule has 6 rings (SSSR count). The van der Waals surface area contributed by atoms with Gasteiger partial charge in [0, 0.05) is 21.8 Å². The number of carboxylic acid groups (broad SMARTS) is 1. The molecule has 0 heterocycles. The maximum atomic E-state index is 13.8. The standard InChI is InChI=1S/C43H32ClN3O5S/c44-37-24-23-34(27-36(37)43(51)52)46-42(50)39(31-13-6-2-7-14-31)53-35-18-10-17-33(26-35)45-41(49)38(47-40(48)32-15-8-3-9-16-32)25-28-19-21-30(22-20-28)29-11-4-1-5-12-29/h1-27,39H,(H,45,49)(H,46,50)(H,47,48)(H,51,52)/b38-25+. The van der Waals surface area contributed by atoms with Crippen LogP contribution in [0.25, 0.3) is 17.2 Å². The number of aromatic carboxylic acids is 1. The van der Waals surface area contributed by atoms with Crippen LogP contribution in [-0.2, 0) is 9.59 Å². The maximum absolute atomic E-state index is 13.8. The summed E-state index contributed by atoms with van der Waals surface area (Å²) in [5.41, 5.74) is 4.51. The lowest BCUT2D eigenvalue weighted by molar-refractivity contribution is -0.116. The molecule has 0 radical (unpaired) electrons. The quantitative estimate of drug-likeness (QED) is 0.0733. The predicted octanol–water partition coefficient (Wildman–Crippen LogP) is 9.59. The van der Waals surface area contributed by atoms with Gasteiger partial charge in [-0.05, 0) is 76.9 Å². The van der Waals surface area contributed by atoms with Gasteiger partial charge in [-0.2, -0.15) is 0 Å². The number of rotatable bonds is 12. The van der Waals surface area contributed by atoms with Crippen LogP contribution in [0, 0.1) is 0 Å². The third-order valence-electron chi connectivity index (χ3n) is 8.01. The first-order chi connectivity index (χ1) is 25.7. The van der Waals surface area contributed by atoms with E-state index in [4.69, 9.17) is 11.6 Å².